The molecular weight excluding hydrogens is 340 g/mol. The number of rotatable bonds is 5. The van der Waals surface area contributed by atoms with Gasteiger partial charge < -0.3 is 20.1 Å². The molecule has 26 heavy (non-hydrogen) atoms. The molecule has 5 nitrogen and oxygen atoms in total. The minimum absolute atomic E-state index is 0.0402. The van der Waals surface area contributed by atoms with Crippen molar-refractivity contribution in [2.75, 3.05) is 26.8 Å². The van der Waals surface area contributed by atoms with Crippen molar-refractivity contribution in [2.24, 2.45) is 16.3 Å². The van der Waals surface area contributed by atoms with E-state index in [-0.39, 0.29) is 17.8 Å². The summed E-state index contributed by atoms with van der Waals surface area (Å²) in [7, 11) is 1.72. The van der Waals surface area contributed by atoms with E-state index in [1.165, 1.54) is 12.1 Å². The third-order valence-corrected chi connectivity index (χ3v) is 5.39. The number of hydrogen-bond acceptors (Lipinski definition) is 3. The van der Waals surface area contributed by atoms with Crippen molar-refractivity contribution in [1.29, 1.82) is 0 Å². The predicted octanol–water partition coefficient (Wildman–Crippen LogP) is 2.71. The average Bonchev–Trinajstić information content (AvgIpc) is 2.62. The molecule has 144 valence electrons. The van der Waals surface area contributed by atoms with Crippen LogP contribution >= 0.6 is 0 Å². The van der Waals surface area contributed by atoms with Gasteiger partial charge in [-0.15, -0.1) is 0 Å². The third kappa shape index (κ3) is 3.77. The molecule has 3 atom stereocenters. The number of nitrogens with zero attached hydrogens (tertiary/aromatic N) is 1. The second-order valence-electron chi connectivity index (χ2n) is 7.46. The zero-order chi connectivity index (χ0) is 18.7. The molecule has 3 unspecified atom stereocenters. The highest BCUT2D eigenvalue weighted by molar-refractivity contribution is 5.80. The monoisotopic (exact) mass is 367 g/mol. The number of guanidine groups is 1. The Morgan fingerprint density at radius 3 is 2.92 bits per heavy atom. The fraction of sp³-hybridized carbons (Fsp3) is 0.632. The topological polar surface area (TPSA) is 54.9 Å². The minimum Gasteiger partial charge on any atom is -0.489 e. The Labute approximate surface area is 153 Å². The largest absolute Gasteiger partial charge is 0.489 e. The number of hydrogen-bond donors (Lipinski definition) is 2. The van der Waals surface area contributed by atoms with Gasteiger partial charge in [-0.05, 0) is 25.0 Å². The van der Waals surface area contributed by atoms with Gasteiger partial charge in [0.1, 0.15) is 12.4 Å². The summed E-state index contributed by atoms with van der Waals surface area (Å²) >= 11 is 0. The van der Waals surface area contributed by atoms with Crippen molar-refractivity contribution < 1.29 is 18.3 Å². The van der Waals surface area contributed by atoms with Crippen molar-refractivity contribution >= 4 is 5.96 Å². The lowest BCUT2D eigenvalue weighted by molar-refractivity contribution is -0.188. The molecule has 1 aromatic rings. The highest BCUT2D eigenvalue weighted by Gasteiger charge is 2.58. The summed E-state index contributed by atoms with van der Waals surface area (Å²) in [6.07, 6.45) is 2.56. The van der Waals surface area contributed by atoms with Crippen molar-refractivity contribution in [3.8, 4) is 5.75 Å². The first kappa shape index (κ1) is 18.9. The SMILES string of the molecule is CN=C(NCCOc1ccc(F)cc1F)NC1C2CCCOC2C1(C)C. The summed E-state index contributed by atoms with van der Waals surface area (Å²) in [5.41, 5.74) is 0.0520. The first-order valence-electron chi connectivity index (χ1n) is 9.10. The van der Waals surface area contributed by atoms with Gasteiger partial charge in [-0.25, -0.2) is 8.78 Å². The van der Waals surface area contributed by atoms with Crippen molar-refractivity contribution in [3.63, 3.8) is 0 Å². The Morgan fingerprint density at radius 1 is 1.38 bits per heavy atom. The van der Waals surface area contributed by atoms with E-state index in [1.807, 2.05) is 0 Å². The van der Waals surface area contributed by atoms with Gasteiger partial charge >= 0.3 is 0 Å². The van der Waals surface area contributed by atoms with Crippen LogP contribution in [0.15, 0.2) is 23.2 Å². The molecule has 1 saturated heterocycles. The molecule has 3 rings (SSSR count). The van der Waals surface area contributed by atoms with E-state index >= 15 is 0 Å². The van der Waals surface area contributed by atoms with Crippen LogP contribution in [0, 0.1) is 23.0 Å². The normalized spacial score (nSPS) is 27.3. The number of nitrogens with one attached hydrogen (secondary N) is 2. The maximum Gasteiger partial charge on any atom is 0.191 e. The highest BCUT2D eigenvalue weighted by Crippen LogP contribution is 2.51. The van der Waals surface area contributed by atoms with E-state index in [0.717, 1.165) is 25.5 Å². The summed E-state index contributed by atoms with van der Waals surface area (Å²) in [5, 5.41) is 6.67. The number of fused-ring (bicyclic) bond motifs is 1. The van der Waals surface area contributed by atoms with Crippen LogP contribution in [0.5, 0.6) is 5.75 Å². The molecular formula is C19H27F2N3O2. The van der Waals surface area contributed by atoms with Crippen LogP contribution in [0.4, 0.5) is 8.78 Å². The molecule has 2 fully saturated rings. The van der Waals surface area contributed by atoms with Crippen LogP contribution < -0.4 is 15.4 Å². The standard InChI is InChI=1S/C19H27F2N3O2/c1-19(2)16(13-5-4-9-26-17(13)19)24-18(22-3)23-8-10-25-15-7-6-12(20)11-14(15)21/h6-7,11,13,16-17H,4-5,8-10H2,1-3H3,(H2,22,23,24). The van der Waals surface area contributed by atoms with Crippen LogP contribution in [0.2, 0.25) is 0 Å². The lowest BCUT2D eigenvalue weighted by atomic mass is 9.55. The van der Waals surface area contributed by atoms with Gasteiger partial charge in [0.05, 0.1) is 12.6 Å². The fourth-order valence-corrected chi connectivity index (χ4v) is 4.08. The summed E-state index contributed by atoms with van der Waals surface area (Å²) in [6, 6.07) is 3.57. The maximum absolute atomic E-state index is 13.5. The third-order valence-electron chi connectivity index (χ3n) is 5.39. The smallest absolute Gasteiger partial charge is 0.191 e. The molecule has 0 aromatic heterocycles. The number of halogens is 2. The van der Waals surface area contributed by atoms with Crippen LogP contribution in [0.25, 0.3) is 0 Å². The molecule has 0 bridgehead atoms. The van der Waals surface area contributed by atoms with E-state index < -0.39 is 11.6 Å². The lowest BCUT2D eigenvalue weighted by Gasteiger charge is -2.60. The second kappa shape index (κ2) is 7.78. The molecule has 2 N–H and O–H groups in total. The van der Waals surface area contributed by atoms with Gasteiger partial charge in [0.25, 0.3) is 0 Å². The molecule has 0 radical (unpaired) electrons. The van der Waals surface area contributed by atoms with E-state index in [9.17, 15) is 8.78 Å². The quantitative estimate of drug-likeness (QED) is 0.477. The van der Waals surface area contributed by atoms with Gasteiger partial charge in [0.2, 0.25) is 0 Å². The molecule has 1 aliphatic heterocycles. The van der Waals surface area contributed by atoms with Gasteiger partial charge in [-0.1, -0.05) is 13.8 Å². The molecule has 1 aliphatic carbocycles. The van der Waals surface area contributed by atoms with Gasteiger partial charge in [0.15, 0.2) is 17.5 Å². The molecule has 0 spiro atoms. The van der Waals surface area contributed by atoms with Crippen LogP contribution in [-0.2, 0) is 4.74 Å². The van der Waals surface area contributed by atoms with E-state index in [0.29, 0.717) is 30.6 Å². The molecule has 2 aliphatic rings. The molecule has 0 amide bonds. The predicted molar refractivity (Wildman–Crippen MR) is 96.4 cm³/mol. The molecule has 1 saturated carbocycles. The zero-order valence-corrected chi connectivity index (χ0v) is 15.5. The van der Waals surface area contributed by atoms with Gasteiger partial charge in [-0.3, -0.25) is 4.99 Å². The molecule has 7 heteroatoms. The van der Waals surface area contributed by atoms with Gasteiger partial charge in [-0.2, -0.15) is 0 Å². The highest BCUT2D eigenvalue weighted by atomic mass is 19.1. The number of benzene rings is 1. The van der Waals surface area contributed by atoms with Gasteiger partial charge in [0, 0.05) is 37.1 Å². The first-order chi connectivity index (χ1) is 12.4. The summed E-state index contributed by atoms with van der Waals surface area (Å²) in [6.45, 7) is 5.97. The average molecular weight is 367 g/mol. The first-order valence-corrected chi connectivity index (χ1v) is 9.10. The fourth-order valence-electron chi connectivity index (χ4n) is 4.08. The number of aliphatic imine (C=N–C) groups is 1. The van der Waals surface area contributed by atoms with Crippen LogP contribution in [-0.4, -0.2) is 44.9 Å². The van der Waals surface area contributed by atoms with Crippen molar-refractivity contribution in [1.82, 2.24) is 10.6 Å². The summed E-state index contributed by atoms with van der Waals surface area (Å²) < 4.78 is 37.7. The summed E-state index contributed by atoms with van der Waals surface area (Å²) in [4.78, 5) is 4.26. The lowest BCUT2D eigenvalue weighted by Crippen LogP contribution is -2.71. The maximum atomic E-state index is 13.5. The second-order valence-corrected chi connectivity index (χ2v) is 7.46. The van der Waals surface area contributed by atoms with E-state index in [1.54, 1.807) is 7.05 Å². The minimum atomic E-state index is -0.702. The summed E-state index contributed by atoms with van der Waals surface area (Å²) in [5.74, 6) is -0.0895. The van der Waals surface area contributed by atoms with Crippen molar-refractivity contribution in [2.45, 2.75) is 38.8 Å². The van der Waals surface area contributed by atoms with E-state index in [2.05, 4.69) is 29.5 Å². The van der Waals surface area contributed by atoms with E-state index in [4.69, 9.17) is 9.47 Å². The molecule has 1 heterocycles. The van der Waals surface area contributed by atoms with Crippen molar-refractivity contribution in [3.05, 3.63) is 29.8 Å². The van der Waals surface area contributed by atoms with Crippen LogP contribution in [0.1, 0.15) is 26.7 Å². The number of ether oxygens (including phenoxy) is 2. The zero-order valence-electron chi connectivity index (χ0n) is 15.5. The Hall–Kier alpha value is -1.89. The Balaban J connectivity index is 1.46. The Bertz CT molecular complexity index is 666. The van der Waals surface area contributed by atoms with Crippen LogP contribution in [0.3, 0.4) is 0 Å². The Kier molecular flexibility index (Phi) is 5.65. The Morgan fingerprint density at radius 2 is 2.19 bits per heavy atom. The molecule has 1 aromatic carbocycles.